The molecule has 1 heterocycles. The molecule has 126 valence electrons. The molecule has 0 amide bonds. The Labute approximate surface area is 133 Å². The van der Waals surface area contributed by atoms with Crippen LogP contribution in [-0.2, 0) is 15.8 Å². The summed E-state index contributed by atoms with van der Waals surface area (Å²) in [5.41, 5.74) is -0.303. The van der Waals surface area contributed by atoms with Crippen LogP contribution in [0.2, 0.25) is 0 Å². The molecule has 1 aromatic heterocycles. The lowest BCUT2D eigenvalue weighted by molar-refractivity contribution is 0.296. The van der Waals surface area contributed by atoms with E-state index in [9.17, 15) is 17.2 Å². The van der Waals surface area contributed by atoms with Gasteiger partial charge in [-0.05, 0) is 11.5 Å². The minimum Gasteiger partial charge on any atom is -0.364 e. The number of sulfonamides is 1. The molecule has 0 bridgehead atoms. The second kappa shape index (κ2) is 6.37. The van der Waals surface area contributed by atoms with Crippen LogP contribution in [0.25, 0.3) is 0 Å². The zero-order chi connectivity index (χ0) is 17.3. The lowest BCUT2D eigenvalue weighted by Crippen LogP contribution is -2.37. The number of benzene rings is 1. The van der Waals surface area contributed by atoms with Crippen LogP contribution in [0.4, 0.5) is 8.78 Å². The smallest absolute Gasteiger partial charge is 0.218 e. The first-order valence-corrected chi connectivity index (χ1v) is 8.58. The van der Waals surface area contributed by atoms with E-state index in [1.807, 2.05) is 0 Å². The molecule has 5 nitrogen and oxygen atoms in total. The zero-order valence-electron chi connectivity index (χ0n) is 13.0. The highest BCUT2D eigenvalue weighted by molar-refractivity contribution is 7.88. The summed E-state index contributed by atoms with van der Waals surface area (Å²) in [5, 5.41) is 3.55. The van der Waals surface area contributed by atoms with Gasteiger partial charge in [0.2, 0.25) is 10.0 Å². The number of aromatic nitrogens is 1. The summed E-state index contributed by atoms with van der Waals surface area (Å²) >= 11 is 0. The molecule has 0 saturated carbocycles. The summed E-state index contributed by atoms with van der Waals surface area (Å²) in [6.45, 7) is 5.29. The van der Waals surface area contributed by atoms with Crippen molar-refractivity contribution in [2.45, 2.75) is 32.6 Å². The first-order valence-electron chi connectivity index (χ1n) is 6.93. The molecular formula is C15H18F2N2O3S. The molecule has 1 aromatic carbocycles. The molecule has 8 heteroatoms. The van der Waals surface area contributed by atoms with Crippen LogP contribution >= 0.6 is 0 Å². The Kier molecular flexibility index (Phi) is 4.86. The SMILES string of the molecule is CC(C)(C)[C@H](NS(=O)(=O)Cc1ccon1)c1ccc(F)cc1F. The Bertz CT molecular complexity index is 769. The Morgan fingerprint density at radius 2 is 1.96 bits per heavy atom. The minimum atomic E-state index is -3.79. The molecule has 2 rings (SSSR count). The molecule has 0 aliphatic rings. The number of halogens is 2. The molecule has 1 N–H and O–H groups in total. The summed E-state index contributed by atoms with van der Waals surface area (Å²) in [6, 6.07) is 3.66. The van der Waals surface area contributed by atoms with Crippen LogP contribution < -0.4 is 4.72 Å². The van der Waals surface area contributed by atoms with E-state index in [-0.39, 0.29) is 17.0 Å². The van der Waals surface area contributed by atoms with Gasteiger partial charge in [-0.25, -0.2) is 21.9 Å². The zero-order valence-corrected chi connectivity index (χ0v) is 13.8. The van der Waals surface area contributed by atoms with E-state index in [0.717, 1.165) is 12.1 Å². The highest BCUT2D eigenvalue weighted by Gasteiger charge is 2.32. The molecular weight excluding hydrogens is 326 g/mol. The molecule has 23 heavy (non-hydrogen) atoms. The molecule has 0 spiro atoms. The first-order chi connectivity index (χ1) is 10.6. The number of hydrogen-bond acceptors (Lipinski definition) is 4. The van der Waals surface area contributed by atoms with Crippen molar-refractivity contribution >= 4 is 10.0 Å². The van der Waals surface area contributed by atoms with Crippen LogP contribution in [0, 0.1) is 17.0 Å². The lowest BCUT2D eigenvalue weighted by Gasteiger charge is -2.31. The quantitative estimate of drug-likeness (QED) is 0.904. The largest absolute Gasteiger partial charge is 0.364 e. The van der Waals surface area contributed by atoms with Crippen LogP contribution in [0.5, 0.6) is 0 Å². The standard InChI is InChI=1S/C15H18F2N2O3S/c1-15(2,3)14(12-5-4-10(16)8-13(12)17)19-23(20,21)9-11-6-7-22-18-11/h4-8,14,19H,9H2,1-3H3/t14-/m1/s1. The van der Waals surface area contributed by atoms with Crippen molar-refractivity contribution in [3.63, 3.8) is 0 Å². The van der Waals surface area contributed by atoms with Crippen molar-refractivity contribution in [1.29, 1.82) is 0 Å². The van der Waals surface area contributed by atoms with Gasteiger partial charge in [-0.2, -0.15) is 0 Å². The van der Waals surface area contributed by atoms with Crippen LogP contribution in [-0.4, -0.2) is 13.6 Å². The van der Waals surface area contributed by atoms with Gasteiger partial charge in [0.25, 0.3) is 0 Å². The minimum absolute atomic E-state index is 0.0858. The highest BCUT2D eigenvalue weighted by atomic mass is 32.2. The number of rotatable bonds is 5. The third kappa shape index (κ3) is 4.59. The summed E-state index contributed by atoms with van der Waals surface area (Å²) < 4.78 is 58.9. The van der Waals surface area contributed by atoms with Gasteiger partial charge >= 0.3 is 0 Å². The summed E-state index contributed by atoms with van der Waals surface area (Å²) in [7, 11) is -3.79. The summed E-state index contributed by atoms with van der Waals surface area (Å²) in [4.78, 5) is 0. The highest BCUT2D eigenvalue weighted by Crippen LogP contribution is 2.35. The van der Waals surface area contributed by atoms with Crippen molar-refractivity contribution in [2.75, 3.05) is 0 Å². The maximum atomic E-state index is 14.1. The second-order valence-electron chi connectivity index (χ2n) is 6.33. The van der Waals surface area contributed by atoms with E-state index in [0.29, 0.717) is 0 Å². The molecule has 2 aromatic rings. The van der Waals surface area contributed by atoms with Gasteiger partial charge in [-0.1, -0.05) is 32.0 Å². The topological polar surface area (TPSA) is 72.2 Å². The Morgan fingerprint density at radius 1 is 1.26 bits per heavy atom. The maximum absolute atomic E-state index is 14.1. The van der Waals surface area contributed by atoms with Gasteiger partial charge in [-0.15, -0.1) is 0 Å². The molecule has 1 atom stereocenters. The maximum Gasteiger partial charge on any atom is 0.218 e. The van der Waals surface area contributed by atoms with Crippen molar-refractivity contribution in [1.82, 2.24) is 9.88 Å². The van der Waals surface area contributed by atoms with E-state index >= 15 is 0 Å². The fourth-order valence-electron chi connectivity index (χ4n) is 2.17. The molecule has 0 unspecified atom stereocenters. The van der Waals surface area contributed by atoms with Gasteiger partial charge < -0.3 is 4.52 Å². The van der Waals surface area contributed by atoms with Gasteiger partial charge in [-0.3, -0.25) is 0 Å². The van der Waals surface area contributed by atoms with Gasteiger partial charge in [0.15, 0.2) is 0 Å². The van der Waals surface area contributed by atoms with Crippen molar-refractivity contribution in [3.05, 3.63) is 53.4 Å². The number of nitrogens with zero attached hydrogens (tertiary/aromatic N) is 1. The van der Waals surface area contributed by atoms with Crippen LogP contribution in [0.3, 0.4) is 0 Å². The third-order valence-electron chi connectivity index (χ3n) is 3.27. The van der Waals surface area contributed by atoms with Crippen molar-refractivity contribution in [3.8, 4) is 0 Å². The molecule has 0 aliphatic heterocycles. The summed E-state index contributed by atoms with van der Waals surface area (Å²) in [5.74, 6) is -1.91. The fraction of sp³-hybridized carbons (Fsp3) is 0.400. The molecule has 0 saturated heterocycles. The lowest BCUT2D eigenvalue weighted by atomic mass is 9.83. The van der Waals surface area contributed by atoms with E-state index in [4.69, 9.17) is 0 Å². The summed E-state index contributed by atoms with van der Waals surface area (Å²) in [6.07, 6.45) is 1.27. The van der Waals surface area contributed by atoms with Crippen LogP contribution in [0.1, 0.15) is 38.1 Å². The van der Waals surface area contributed by atoms with Gasteiger partial charge in [0.05, 0.1) is 11.7 Å². The van der Waals surface area contributed by atoms with E-state index in [2.05, 4.69) is 14.4 Å². The van der Waals surface area contributed by atoms with Gasteiger partial charge in [0, 0.05) is 17.7 Å². The molecule has 0 fully saturated rings. The van der Waals surface area contributed by atoms with Crippen LogP contribution in [0.15, 0.2) is 35.1 Å². The third-order valence-corrected chi connectivity index (χ3v) is 4.54. The Morgan fingerprint density at radius 3 is 2.48 bits per heavy atom. The molecule has 0 radical (unpaired) electrons. The van der Waals surface area contributed by atoms with E-state index < -0.39 is 33.1 Å². The predicted molar refractivity (Wildman–Crippen MR) is 80.8 cm³/mol. The average Bonchev–Trinajstić information content (AvgIpc) is 2.87. The van der Waals surface area contributed by atoms with Gasteiger partial charge in [0.1, 0.15) is 23.7 Å². The Hall–Kier alpha value is -1.80. The van der Waals surface area contributed by atoms with Crippen molar-refractivity contribution in [2.24, 2.45) is 5.41 Å². The predicted octanol–water partition coefficient (Wildman–Crippen LogP) is 3.16. The number of hydrogen-bond donors (Lipinski definition) is 1. The second-order valence-corrected chi connectivity index (χ2v) is 8.09. The average molecular weight is 344 g/mol. The van der Waals surface area contributed by atoms with Crippen molar-refractivity contribution < 1.29 is 21.7 Å². The molecule has 0 aliphatic carbocycles. The normalized spacial score (nSPS) is 14.0. The fourth-order valence-corrected chi connectivity index (χ4v) is 3.63. The Balaban J connectivity index is 2.33. The number of nitrogens with one attached hydrogen (secondary N) is 1. The monoisotopic (exact) mass is 344 g/mol. The first kappa shape index (κ1) is 17.6. The van der Waals surface area contributed by atoms with E-state index in [1.54, 1.807) is 20.8 Å². The van der Waals surface area contributed by atoms with E-state index in [1.165, 1.54) is 18.4 Å².